The standard InChI is InChI=1S/C7H14OS/c1-4-5-6(2)9-7(3)8/h6H,4-5H2,1-3H3/t6-/m0/s1. The zero-order valence-corrected chi connectivity index (χ0v) is 7.12. The number of thioether (sulfide) groups is 1. The Kier molecular flexibility index (Phi) is 4.87. The third-order valence-electron chi connectivity index (χ3n) is 1.06. The minimum absolute atomic E-state index is 0.232. The van der Waals surface area contributed by atoms with E-state index in [-0.39, 0.29) is 5.12 Å². The molecule has 54 valence electrons. The van der Waals surface area contributed by atoms with Crippen LogP contribution in [0.4, 0.5) is 0 Å². The maximum atomic E-state index is 10.5. The Morgan fingerprint density at radius 1 is 1.67 bits per heavy atom. The van der Waals surface area contributed by atoms with Crippen molar-refractivity contribution in [2.24, 2.45) is 0 Å². The first-order valence-corrected chi connectivity index (χ1v) is 4.22. The summed E-state index contributed by atoms with van der Waals surface area (Å²) < 4.78 is 0. The average molecular weight is 146 g/mol. The van der Waals surface area contributed by atoms with Crippen LogP contribution in [0, 0.1) is 0 Å². The van der Waals surface area contributed by atoms with Crippen LogP contribution in [0.5, 0.6) is 0 Å². The second kappa shape index (κ2) is 4.86. The van der Waals surface area contributed by atoms with Gasteiger partial charge in [-0.25, -0.2) is 0 Å². The van der Waals surface area contributed by atoms with E-state index in [9.17, 15) is 4.79 Å². The van der Waals surface area contributed by atoms with E-state index >= 15 is 0 Å². The summed E-state index contributed by atoms with van der Waals surface area (Å²) in [6, 6.07) is 0. The van der Waals surface area contributed by atoms with Crippen molar-refractivity contribution in [1.29, 1.82) is 0 Å². The predicted molar refractivity (Wildman–Crippen MR) is 42.6 cm³/mol. The molecule has 1 atom stereocenters. The second-order valence-corrected chi connectivity index (χ2v) is 3.82. The molecule has 0 saturated heterocycles. The molecule has 9 heavy (non-hydrogen) atoms. The van der Waals surface area contributed by atoms with E-state index in [1.54, 1.807) is 6.92 Å². The zero-order chi connectivity index (χ0) is 7.28. The molecule has 0 unspecified atom stereocenters. The minimum atomic E-state index is 0.232. The molecule has 0 amide bonds. The van der Waals surface area contributed by atoms with Crippen molar-refractivity contribution in [3.05, 3.63) is 0 Å². The van der Waals surface area contributed by atoms with Gasteiger partial charge in [-0.2, -0.15) is 0 Å². The first kappa shape index (κ1) is 9.02. The van der Waals surface area contributed by atoms with E-state index in [0.717, 1.165) is 6.42 Å². The molecule has 0 saturated carbocycles. The molecule has 0 aromatic rings. The highest BCUT2D eigenvalue weighted by Crippen LogP contribution is 2.15. The van der Waals surface area contributed by atoms with E-state index in [1.807, 2.05) is 0 Å². The third kappa shape index (κ3) is 5.90. The first-order chi connectivity index (χ1) is 4.16. The van der Waals surface area contributed by atoms with Crippen molar-refractivity contribution in [3.8, 4) is 0 Å². The van der Waals surface area contributed by atoms with Crippen LogP contribution in [0.1, 0.15) is 33.6 Å². The van der Waals surface area contributed by atoms with Crippen molar-refractivity contribution in [3.63, 3.8) is 0 Å². The Labute approximate surface area is 61.2 Å². The van der Waals surface area contributed by atoms with Gasteiger partial charge >= 0.3 is 0 Å². The molecular formula is C7H14OS. The molecule has 0 spiro atoms. The molecule has 1 nitrogen and oxygen atoms in total. The maximum absolute atomic E-state index is 10.5. The largest absolute Gasteiger partial charge is 0.288 e. The normalized spacial score (nSPS) is 13.2. The van der Waals surface area contributed by atoms with Crippen LogP contribution in [0.3, 0.4) is 0 Å². The third-order valence-corrected chi connectivity index (χ3v) is 2.03. The van der Waals surface area contributed by atoms with Gasteiger partial charge in [-0.15, -0.1) is 0 Å². The molecule has 0 aliphatic heterocycles. The van der Waals surface area contributed by atoms with E-state index in [2.05, 4.69) is 13.8 Å². The molecule has 0 radical (unpaired) electrons. The van der Waals surface area contributed by atoms with Crippen LogP contribution in [-0.2, 0) is 4.79 Å². The Bertz CT molecular complexity index is 90.9. The molecule has 0 heterocycles. The highest BCUT2D eigenvalue weighted by atomic mass is 32.2. The van der Waals surface area contributed by atoms with Gasteiger partial charge in [0.15, 0.2) is 5.12 Å². The summed E-state index contributed by atoms with van der Waals surface area (Å²) in [5.74, 6) is 0. The van der Waals surface area contributed by atoms with E-state index in [0.29, 0.717) is 5.25 Å². The van der Waals surface area contributed by atoms with Gasteiger partial charge in [-0.05, 0) is 6.42 Å². The molecule has 0 fully saturated rings. The molecule has 0 rings (SSSR count). The predicted octanol–water partition coefficient (Wildman–Crippen LogP) is 2.45. The van der Waals surface area contributed by atoms with E-state index in [4.69, 9.17) is 0 Å². The Morgan fingerprint density at radius 3 is 2.56 bits per heavy atom. The van der Waals surface area contributed by atoms with Gasteiger partial charge in [0.1, 0.15) is 0 Å². The number of hydrogen-bond acceptors (Lipinski definition) is 2. The summed E-state index contributed by atoms with van der Waals surface area (Å²) in [6.07, 6.45) is 2.31. The highest BCUT2D eigenvalue weighted by molar-refractivity contribution is 8.14. The van der Waals surface area contributed by atoms with Gasteiger partial charge in [0.2, 0.25) is 0 Å². The Hall–Kier alpha value is 0.0200. The van der Waals surface area contributed by atoms with Crippen LogP contribution < -0.4 is 0 Å². The Balaban J connectivity index is 3.26. The number of rotatable bonds is 3. The second-order valence-electron chi connectivity index (χ2n) is 2.21. The van der Waals surface area contributed by atoms with Gasteiger partial charge in [0, 0.05) is 12.2 Å². The lowest BCUT2D eigenvalue weighted by Gasteiger charge is -2.04. The van der Waals surface area contributed by atoms with Crippen molar-refractivity contribution in [1.82, 2.24) is 0 Å². The summed E-state index contributed by atoms with van der Waals surface area (Å²) in [5.41, 5.74) is 0. The van der Waals surface area contributed by atoms with Crippen molar-refractivity contribution in [2.45, 2.75) is 38.9 Å². The number of hydrogen-bond donors (Lipinski definition) is 0. The monoisotopic (exact) mass is 146 g/mol. The van der Waals surface area contributed by atoms with Gasteiger partial charge in [-0.1, -0.05) is 32.0 Å². The molecule has 0 aromatic heterocycles. The quantitative estimate of drug-likeness (QED) is 0.608. The van der Waals surface area contributed by atoms with Gasteiger partial charge < -0.3 is 0 Å². The Morgan fingerprint density at radius 2 is 2.22 bits per heavy atom. The van der Waals surface area contributed by atoms with Gasteiger partial charge in [0.05, 0.1) is 0 Å². The van der Waals surface area contributed by atoms with Crippen LogP contribution in [0.2, 0.25) is 0 Å². The molecule has 0 N–H and O–H groups in total. The molecule has 0 aliphatic rings. The summed E-state index contributed by atoms with van der Waals surface area (Å²) >= 11 is 1.44. The summed E-state index contributed by atoms with van der Waals surface area (Å²) in [7, 11) is 0. The van der Waals surface area contributed by atoms with Crippen LogP contribution in [0.15, 0.2) is 0 Å². The SMILES string of the molecule is CCC[C@H](C)SC(C)=O. The minimum Gasteiger partial charge on any atom is -0.288 e. The molecular weight excluding hydrogens is 132 g/mol. The molecule has 0 bridgehead atoms. The fourth-order valence-corrected chi connectivity index (χ4v) is 1.67. The summed E-state index contributed by atoms with van der Waals surface area (Å²) in [5, 5.41) is 0.739. The fourth-order valence-electron chi connectivity index (χ4n) is 0.749. The smallest absolute Gasteiger partial charge is 0.186 e. The summed E-state index contributed by atoms with van der Waals surface area (Å²) in [6.45, 7) is 5.85. The van der Waals surface area contributed by atoms with E-state index < -0.39 is 0 Å². The van der Waals surface area contributed by atoms with E-state index in [1.165, 1.54) is 18.2 Å². The zero-order valence-electron chi connectivity index (χ0n) is 6.31. The topological polar surface area (TPSA) is 17.1 Å². The van der Waals surface area contributed by atoms with Crippen LogP contribution in [-0.4, -0.2) is 10.4 Å². The average Bonchev–Trinajstić information content (AvgIpc) is 1.63. The fraction of sp³-hybridized carbons (Fsp3) is 0.857. The summed E-state index contributed by atoms with van der Waals surface area (Å²) in [4.78, 5) is 10.5. The van der Waals surface area contributed by atoms with Crippen molar-refractivity contribution >= 4 is 16.9 Å². The molecule has 0 aromatic carbocycles. The lowest BCUT2D eigenvalue weighted by atomic mass is 10.3. The van der Waals surface area contributed by atoms with Crippen molar-refractivity contribution in [2.75, 3.05) is 0 Å². The molecule has 0 aliphatic carbocycles. The highest BCUT2D eigenvalue weighted by Gasteiger charge is 2.02. The van der Waals surface area contributed by atoms with Gasteiger partial charge in [-0.3, -0.25) is 4.79 Å². The lowest BCUT2D eigenvalue weighted by Crippen LogP contribution is -1.97. The van der Waals surface area contributed by atoms with Crippen LogP contribution in [0.25, 0.3) is 0 Å². The first-order valence-electron chi connectivity index (χ1n) is 3.34. The molecule has 2 heteroatoms. The maximum Gasteiger partial charge on any atom is 0.186 e. The number of carbonyl (C=O) groups is 1. The van der Waals surface area contributed by atoms with Crippen LogP contribution >= 0.6 is 11.8 Å². The number of carbonyl (C=O) groups excluding carboxylic acids is 1. The van der Waals surface area contributed by atoms with Gasteiger partial charge in [0.25, 0.3) is 0 Å². The van der Waals surface area contributed by atoms with Crippen molar-refractivity contribution < 1.29 is 4.79 Å². The lowest BCUT2D eigenvalue weighted by molar-refractivity contribution is -0.109.